The second kappa shape index (κ2) is 4.83. The molecule has 3 aromatic rings. The first-order valence-electron chi connectivity index (χ1n) is 6.13. The molecule has 0 saturated carbocycles. The van der Waals surface area contributed by atoms with Crippen molar-refractivity contribution < 1.29 is 5.11 Å². The van der Waals surface area contributed by atoms with Crippen molar-refractivity contribution >= 4 is 26.8 Å². The molecule has 0 saturated heterocycles. The number of hydrogen-bond acceptors (Lipinski definition) is 2. The normalized spacial score (nSPS) is 11.3. The van der Waals surface area contributed by atoms with Crippen molar-refractivity contribution in [2.45, 2.75) is 13.3 Å². The van der Waals surface area contributed by atoms with Crippen LogP contribution in [0, 0.1) is 6.92 Å². The number of nitrogens with one attached hydrogen (secondary N) is 2. The zero-order valence-electron chi connectivity index (χ0n) is 10.5. The summed E-state index contributed by atoms with van der Waals surface area (Å²) in [5.41, 5.74) is 4.18. The molecular weight excluding hydrogens is 306 g/mol. The fourth-order valence-electron chi connectivity index (χ4n) is 2.37. The Kier molecular flexibility index (Phi) is 3.16. The average molecular weight is 320 g/mol. The van der Waals surface area contributed by atoms with E-state index in [-0.39, 0.29) is 6.61 Å². The van der Waals surface area contributed by atoms with Gasteiger partial charge in [-0.25, -0.2) is 4.98 Å². The first-order chi connectivity index (χ1) is 9.20. The summed E-state index contributed by atoms with van der Waals surface area (Å²) in [6, 6.07) is 8.18. The third-order valence-corrected chi connectivity index (χ3v) is 3.76. The molecule has 0 spiro atoms. The highest BCUT2D eigenvalue weighted by Crippen LogP contribution is 2.34. The predicted molar refractivity (Wildman–Crippen MR) is 79.1 cm³/mol. The number of aliphatic hydroxyl groups is 1. The third kappa shape index (κ3) is 2.09. The first kappa shape index (κ1) is 12.4. The quantitative estimate of drug-likeness (QED) is 0.694. The average Bonchev–Trinajstić information content (AvgIpc) is 2.89. The zero-order chi connectivity index (χ0) is 13.4. The van der Waals surface area contributed by atoms with E-state index in [9.17, 15) is 0 Å². The van der Waals surface area contributed by atoms with Gasteiger partial charge in [-0.05, 0) is 28.9 Å². The fourth-order valence-corrected chi connectivity index (χ4v) is 2.89. The first-order valence-corrected chi connectivity index (χ1v) is 6.93. The van der Waals surface area contributed by atoms with Gasteiger partial charge in [0.15, 0.2) is 0 Å². The Morgan fingerprint density at radius 3 is 2.84 bits per heavy atom. The second-order valence-corrected chi connectivity index (χ2v) is 5.28. The molecule has 2 aromatic heterocycles. The largest absolute Gasteiger partial charge is 0.396 e. The van der Waals surface area contributed by atoms with Gasteiger partial charge in [0.05, 0.1) is 6.61 Å². The van der Waals surface area contributed by atoms with E-state index in [1.165, 1.54) is 0 Å². The predicted octanol–water partition coefficient (Wildman–Crippen LogP) is 3.16. The lowest BCUT2D eigenvalue weighted by Crippen LogP contribution is -1.92. The molecule has 3 rings (SSSR count). The standard InChI is InChI=1S/C14H14BrN3O/c1-8-12(9-4-2-3-5-10(9)16-8)13-14(15)18-11(17-13)6-7-19/h2-5,16,19H,6-7H2,1H3,(H,17,18). The van der Waals surface area contributed by atoms with Crippen molar-refractivity contribution in [3.8, 4) is 11.3 Å². The molecule has 0 bridgehead atoms. The number of aromatic amines is 2. The lowest BCUT2D eigenvalue weighted by Gasteiger charge is -1.97. The van der Waals surface area contributed by atoms with Crippen LogP contribution in [0.3, 0.4) is 0 Å². The highest BCUT2D eigenvalue weighted by molar-refractivity contribution is 9.10. The van der Waals surface area contributed by atoms with E-state index in [0.29, 0.717) is 6.42 Å². The van der Waals surface area contributed by atoms with Gasteiger partial charge in [0, 0.05) is 28.6 Å². The molecule has 0 atom stereocenters. The Morgan fingerprint density at radius 2 is 2.05 bits per heavy atom. The summed E-state index contributed by atoms with van der Waals surface area (Å²) >= 11 is 3.51. The molecule has 0 fully saturated rings. The van der Waals surface area contributed by atoms with Crippen LogP contribution in [0.2, 0.25) is 0 Å². The number of imidazole rings is 1. The van der Waals surface area contributed by atoms with Crippen LogP contribution in [0.1, 0.15) is 11.5 Å². The molecule has 0 radical (unpaired) electrons. The van der Waals surface area contributed by atoms with Crippen LogP contribution >= 0.6 is 15.9 Å². The number of para-hydroxylation sites is 1. The number of rotatable bonds is 3. The van der Waals surface area contributed by atoms with Crippen LogP contribution in [0.25, 0.3) is 22.2 Å². The van der Waals surface area contributed by atoms with Gasteiger partial charge < -0.3 is 15.1 Å². The van der Waals surface area contributed by atoms with E-state index in [4.69, 9.17) is 5.11 Å². The van der Waals surface area contributed by atoms with Gasteiger partial charge in [-0.2, -0.15) is 0 Å². The molecule has 1 aromatic carbocycles. The van der Waals surface area contributed by atoms with Crippen molar-refractivity contribution in [1.29, 1.82) is 0 Å². The van der Waals surface area contributed by atoms with Crippen molar-refractivity contribution in [1.82, 2.24) is 15.0 Å². The number of halogens is 1. The Hall–Kier alpha value is -1.59. The molecule has 4 nitrogen and oxygen atoms in total. The van der Waals surface area contributed by atoms with E-state index in [2.05, 4.69) is 43.0 Å². The zero-order valence-corrected chi connectivity index (χ0v) is 12.1. The molecule has 5 heteroatoms. The molecule has 0 amide bonds. The summed E-state index contributed by atoms with van der Waals surface area (Å²) in [6.07, 6.45) is 0.528. The topological polar surface area (TPSA) is 64.7 Å². The smallest absolute Gasteiger partial charge is 0.110 e. The number of aromatic nitrogens is 3. The van der Waals surface area contributed by atoms with Crippen LogP contribution in [0.5, 0.6) is 0 Å². The SMILES string of the molecule is Cc1[nH]c2ccccc2c1-c1nc(CCO)[nH]c1Br. The summed E-state index contributed by atoms with van der Waals surface area (Å²) < 4.78 is 0.851. The number of aliphatic hydroxyl groups excluding tert-OH is 1. The van der Waals surface area contributed by atoms with Crippen molar-refractivity contribution in [3.05, 3.63) is 40.4 Å². The Morgan fingerprint density at radius 1 is 1.26 bits per heavy atom. The molecule has 19 heavy (non-hydrogen) atoms. The van der Waals surface area contributed by atoms with E-state index in [1.807, 2.05) is 19.1 Å². The van der Waals surface area contributed by atoms with Gasteiger partial charge in [0.1, 0.15) is 16.1 Å². The van der Waals surface area contributed by atoms with E-state index in [0.717, 1.165) is 38.3 Å². The van der Waals surface area contributed by atoms with Gasteiger partial charge in [0.25, 0.3) is 0 Å². The Bertz CT molecular complexity index is 729. The Labute approximate surface area is 119 Å². The van der Waals surface area contributed by atoms with Crippen molar-refractivity contribution in [3.63, 3.8) is 0 Å². The number of H-pyrrole nitrogens is 2. The van der Waals surface area contributed by atoms with Crippen LogP contribution in [-0.4, -0.2) is 26.7 Å². The fraction of sp³-hybridized carbons (Fsp3) is 0.214. The van der Waals surface area contributed by atoms with Gasteiger partial charge in [0.2, 0.25) is 0 Å². The lowest BCUT2D eigenvalue weighted by atomic mass is 10.1. The molecule has 3 N–H and O–H groups in total. The maximum absolute atomic E-state index is 9.00. The third-order valence-electron chi connectivity index (χ3n) is 3.19. The Balaban J connectivity index is 2.21. The monoisotopic (exact) mass is 319 g/mol. The van der Waals surface area contributed by atoms with E-state index >= 15 is 0 Å². The summed E-state index contributed by atoms with van der Waals surface area (Å²) in [7, 11) is 0. The van der Waals surface area contributed by atoms with Crippen molar-refractivity contribution in [2.24, 2.45) is 0 Å². The van der Waals surface area contributed by atoms with Crippen LogP contribution in [0.4, 0.5) is 0 Å². The van der Waals surface area contributed by atoms with Crippen LogP contribution in [-0.2, 0) is 6.42 Å². The summed E-state index contributed by atoms with van der Waals surface area (Å²) in [4.78, 5) is 11.1. The second-order valence-electron chi connectivity index (χ2n) is 4.49. The van der Waals surface area contributed by atoms with Gasteiger partial charge in [-0.15, -0.1) is 0 Å². The minimum absolute atomic E-state index is 0.0895. The maximum Gasteiger partial charge on any atom is 0.110 e. The number of hydrogen-bond donors (Lipinski definition) is 3. The molecule has 0 aliphatic carbocycles. The highest BCUT2D eigenvalue weighted by atomic mass is 79.9. The van der Waals surface area contributed by atoms with Gasteiger partial charge in [-0.3, -0.25) is 0 Å². The summed E-state index contributed by atoms with van der Waals surface area (Å²) in [6.45, 7) is 2.13. The minimum atomic E-state index is 0.0895. The van der Waals surface area contributed by atoms with E-state index in [1.54, 1.807) is 0 Å². The number of nitrogens with zero attached hydrogens (tertiary/aromatic N) is 1. The van der Waals surface area contributed by atoms with Crippen LogP contribution < -0.4 is 0 Å². The van der Waals surface area contributed by atoms with Gasteiger partial charge >= 0.3 is 0 Å². The number of fused-ring (bicyclic) bond motifs is 1. The highest BCUT2D eigenvalue weighted by Gasteiger charge is 2.16. The summed E-state index contributed by atoms with van der Waals surface area (Å²) in [5.74, 6) is 0.786. The molecule has 98 valence electrons. The molecule has 2 heterocycles. The molecule has 0 aliphatic heterocycles. The molecular formula is C14H14BrN3O. The molecule has 0 unspecified atom stereocenters. The minimum Gasteiger partial charge on any atom is -0.396 e. The molecule has 0 aliphatic rings. The lowest BCUT2D eigenvalue weighted by molar-refractivity contribution is 0.297. The van der Waals surface area contributed by atoms with E-state index < -0.39 is 0 Å². The maximum atomic E-state index is 9.00. The van der Waals surface area contributed by atoms with Crippen molar-refractivity contribution in [2.75, 3.05) is 6.61 Å². The van der Waals surface area contributed by atoms with Crippen LogP contribution in [0.15, 0.2) is 28.9 Å². The summed E-state index contributed by atoms with van der Waals surface area (Å²) in [5, 5.41) is 10.2. The number of aryl methyl sites for hydroxylation is 1. The van der Waals surface area contributed by atoms with Gasteiger partial charge in [-0.1, -0.05) is 18.2 Å². The number of benzene rings is 1.